The summed E-state index contributed by atoms with van der Waals surface area (Å²) in [7, 11) is 1.30. The maximum Gasteiger partial charge on any atom is 0.316 e. The number of methoxy groups -OCH3 is 1. The van der Waals surface area contributed by atoms with E-state index in [-0.39, 0.29) is 24.0 Å². The lowest BCUT2D eigenvalue weighted by molar-refractivity contribution is -0.137. The van der Waals surface area contributed by atoms with E-state index in [4.69, 9.17) is 0 Å². The van der Waals surface area contributed by atoms with Gasteiger partial charge >= 0.3 is 5.97 Å². The van der Waals surface area contributed by atoms with Crippen LogP contribution in [0.15, 0.2) is 39.3 Å². The second-order valence-corrected chi connectivity index (χ2v) is 6.48. The zero-order valence-electron chi connectivity index (χ0n) is 11.8. The molecule has 22 heavy (non-hydrogen) atoms. The van der Waals surface area contributed by atoms with Crippen molar-refractivity contribution < 1.29 is 14.3 Å². The number of nitrogens with zero attached hydrogens (tertiary/aromatic N) is 1. The highest BCUT2D eigenvalue weighted by atomic mass is 79.9. The molecule has 1 aliphatic heterocycles. The minimum atomic E-state index is -0.408. The molecule has 1 aliphatic rings. The first-order chi connectivity index (χ1) is 10.5. The summed E-state index contributed by atoms with van der Waals surface area (Å²) in [6, 6.07) is 9.67. The molecule has 1 atom stereocenters. The van der Waals surface area contributed by atoms with Gasteiger partial charge in [-0.3, -0.25) is 9.59 Å². The molecule has 0 fully saturated rings. The fourth-order valence-electron chi connectivity index (χ4n) is 2.10. The van der Waals surface area contributed by atoms with Gasteiger partial charge in [-0.1, -0.05) is 39.8 Å². The van der Waals surface area contributed by atoms with Crippen LogP contribution in [0.2, 0.25) is 0 Å². The number of nitrogens with one attached hydrogen (secondary N) is 1. The van der Waals surface area contributed by atoms with Crippen LogP contribution in [0.4, 0.5) is 0 Å². The van der Waals surface area contributed by atoms with Gasteiger partial charge in [0.25, 0.3) is 0 Å². The second kappa shape index (κ2) is 7.47. The largest absolute Gasteiger partial charge is 0.468 e. The molecule has 0 spiro atoms. The van der Waals surface area contributed by atoms with Gasteiger partial charge in [-0.15, -0.1) is 0 Å². The quantitative estimate of drug-likeness (QED) is 0.812. The van der Waals surface area contributed by atoms with Crippen LogP contribution in [0.1, 0.15) is 17.9 Å². The Morgan fingerprint density at radius 3 is 2.77 bits per heavy atom. The Labute approximate surface area is 140 Å². The molecule has 1 N–H and O–H groups in total. The Morgan fingerprint density at radius 1 is 1.50 bits per heavy atom. The molecule has 0 saturated carbocycles. The molecular formula is C15H13BrN2O3S. The molecule has 0 aromatic heterocycles. The van der Waals surface area contributed by atoms with E-state index in [9.17, 15) is 14.9 Å². The smallest absolute Gasteiger partial charge is 0.316 e. The number of thioether (sulfide) groups is 1. The molecule has 0 saturated heterocycles. The van der Waals surface area contributed by atoms with Crippen LogP contribution in [-0.4, -0.2) is 24.7 Å². The molecule has 1 unspecified atom stereocenters. The summed E-state index contributed by atoms with van der Waals surface area (Å²) in [5.74, 6) is -0.828. The second-order valence-electron chi connectivity index (χ2n) is 4.58. The molecule has 1 aromatic rings. The number of hydrogen-bond acceptors (Lipinski definition) is 5. The Hall–Kier alpha value is -1.78. The number of benzene rings is 1. The third-order valence-corrected chi connectivity index (χ3v) is 4.71. The number of ether oxygens (including phenoxy) is 1. The maximum absolute atomic E-state index is 11.9. The summed E-state index contributed by atoms with van der Waals surface area (Å²) in [5, 5.41) is 12.6. The molecule has 0 aliphatic carbocycles. The summed E-state index contributed by atoms with van der Waals surface area (Å²) in [5.41, 5.74) is 1.36. The van der Waals surface area contributed by atoms with Gasteiger partial charge in [0.1, 0.15) is 0 Å². The average molecular weight is 381 g/mol. The topological polar surface area (TPSA) is 79.2 Å². The van der Waals surface area contributed by atoms with Crippen molar-refractivity contribution in [3.8, 4) is 6.07 Å². The van der Waals surface area contributed by atoms with Crippen molar-refractivity contribution in [1.82, 2.24) is 5.32 Å². The number of rotatable bonds is 4. The zero-order valence-corrected chi connectivity index (χ0v) is 14.2. The highest BCUT2D eigenvalue weighted by molar-refractivity contribution is 9.10. The van der Waals surface area contributed by atoms with Crippen molar-refractivity contribution in [1.29, 1.82) is 5.26 Å². The van der Waals surface area contributed by atoms with E-state index < -0.39 is 5.97 Å². The standard InChI is InChI=1S/C15H13BrN2O3S/c1-21-14(20)8-22-15-12(7-17)11(6-13(19)18-15)9-2-4-10(16)5-3-9/h2-5,11H,6,8H2,1H3,(H,18,19). The number of amides is 1. The predicted octanol–water partition coefficient (Wildman–Crippen LogP) is 2.69. The Balaban J connectivity index is 2.32. The Kier molecular flexibility index (Phi) is 5.63. The molecule has 7 heteroatoms. The van der Waals surface area contributed by atoms with Crippen LogP contribution in [-0.2, 0) is 14.3 Å². The van der Waals surface area contributed by atoms with Crippen molar-refractivity contribution in [2.24, 2.45) is 0 Å². The van der Waals surface area contributed by atoms with Gasteiger partial charge in [0.05, 0.1) is 29.5 Å². The summed E-state index contributed by atoms with van der Waals surface area (Å²) < 4.78 is 5.51. The molecule has 114 valence electrons. The van der Waals surface area contributed by atoms with E-state index >= 15 is 0 Å². The summed E-state index contributed by atoms with van der Waals surface area (Å²) in [6.45, 7) is 0. The van der Waals surface area contributed by atoms with E-state index in [0.717, 1.165) is 21.8 Å². The first kappa shape index (κ1) is 16.6. The van der Waals surface area contributed by atoms with Crippen LogP contribution in [0, 0.1) is 11.3 Å². The van der Waals surface area contributed by atoms with Crippen molar-refractivity contribution in [3.05, 3.63) is 44.9 Å². The number of halogens is 1. The number of allylic oxidation sites excluding steroid dienone is 1. The number of carbonyl (C=O) groups is 2. The number of esters is 1. The van der Waals surface area contributed by atoms with Gasteiger partial charge in [0.15, 0.2) is 0 Å². The Bertz CT molecular complexity index is 664. The number of nitriles is 1. The molecule has 2 rings (SSSR count). The summed E-state index contributed by atoms with van der Waals surface area (Å²) in [6.07, 6.45) is 0.215. The van der Waals surface area contributed by atoms with Gasteiger partial charge in [-0.25, -0.2) is 0 Å². The molecule has 0 bridgehead atoms. The van der Waals surface area contributed by atoms with Crippen LogP contribution >= 0.6 is 27.7 Å². The fraction of sp³-hybridized carbons (Fsp3) is 0.267. The predicted molar refractivity (Wildman–Crippen MR) is 86.8 cm³/mol. The van der Waals surface area contributed by atoms with E-state index in [0.29, 0.717) is 10.6 Å². The highest BCUT2D eigenvalue weighted by Crippen LogP contribution is 2.36. The number of hydrogen-bond donors (Lipinski definition) is 1. The third kappa shape index (κ3) is 3.90. The fourth-order valence-corrected chi connectivity index (χ4v) is 3.28. The van der Waals surface area contributed by atoms with E-state index in [1.807, 2.05) is 24.3 Å². The van der Waals surface area contributed by atoms with Gasteiger partial charge in [-0.2, -0.15) is 5.26 Å². The van der Waals surface area contributed by atoms with Crippen LogP contribution in [0.25, 0.3) is 0 Å². The first-order valence-electron chi connectivity index (χ1n) is 6.44. The SMILES string of the molecule is COC(=O)CSC1=C(C#N)C(c2ccc(Br)cc2)CC(=O)N1. The highest BCUT2D eigenvalue weighted by Gasteiger charge is 2.29. The summed E-state index contributed by atoms with van der Waals surface area (Å²) >= 11 is 4.47. The van der Waals surface area contributed by atoms with Crippen LogP contribution < -0.4 is 5.32 Å². The minimum absolute atomic E-state index is 0.0460. The van der Waals surface area contributed by atoms with Crippen molar-refractivity contribution in [3.63, 3.8) is 0 Å². The van der Waals surface area contributed by atoms with E-state index in [2.05, 4.69) is 32.1 Å². The number of carbonyl (C=O) groups excluding carboxylic acids is 2. The maximum atomic E-state index is 11.9. The van der Waals surface area contributed by atoms with E-state index in [1.54, 1.807) is 0 Å². The van der Waals surface area contributed by atoms with Crippen molar-refractivity contribution in [2.45, 2.75) is 12.3 Å². The lowest BCUT2D eigenvalue weighted by Gasteiger charge is -2.24. The molecule has 1 amide bonds. The normalized spacial score (nSPS) is 17.7. The zero-order chi connectivity index (χ0) is 16.1. The molecule has 1 aromatic carbocycles. The van der Waals surface area contributed by atoms with Gasteiger partial charge < -0.3 is 10.1 Å². The van der Waals surface area contributed by atoms with Crippen LogP contribution in [0.5, 0.6) is 0 Å². The van der Waals surface area contributed by atoms with Gasteiger partial charge in [0, 0.05) is 16.8 Å². The summed E-state index contributed by atoms with van der Waals surface area (Å²) in [4.78, 5) is 23.2. The van der Waals surface area contributed by atoms with Crippen molar-refractivity contribution >= 4 is 39.6 Å². The van der Waals surface area contributed by atoms with Crippen molar-refractivity contribution in [2.75, 3.05) is 12.9 Å². The minimum Gasteiger partial charge on any atom is -0.468 e. The lowest BCUT2D eigenvalue weighted by atomic mass is 9.87. The van der Waals surface area contributed by atoms with Gasteiger partial charge in [-0.05, 0) is 17.7 Å². The average Bonchev–Trinajstić information content (AvgIpc) is 2.52. The third-order valence-electron chi connectivity index (χ3n) is 3.19. The molecule has 0 radical (unpaired) electrons. The molecule has 1 heterocycles. The van der Waals surface area contributed by atoms with Gasteiger partial charge in [0.2, 0.25) is 5.91 Å². The monoisotopic (exact) mass is 380 g/mol. The first-order valence-corrected chi connectivity index (χ1v) is 8.22. The van der Waals surface area contributed by atoms with E-state index in [1.165, 1.54) is 7.11 Å². The molecular weight excluding hydrogens is 368 g/mol. The lowest BCUT2D eigenvalue weighted by Crippen LogP contribution is -2.31. The Morgan fingerprint density at radius 2 is 2.18 bits per heavy atom. The van der Waals surface area contributed by atoms with Crippen LogP contribution in [0.3, 0.4) is 0 Å². The molecule has 5 nitrogen and oxygen atoms in total.